The molecule has 0 aromatic carbocycles. The van der Waals surface area contributed by atoms with Gasteiger partial charge in [-0.15, -0.1) is 0 Å². The van der Waals surface area contributed by atoms with Gasteiger partial charge in [0.05, 0.1) is 26.4 Å². The number of allylic oxidation sites excluding steroid dienone is 20. The number of rotatable bonds is 76. The summed E-state index contributed by atoms with van der Waals surface area (Å²) in [6.45, 7) is 4.65. The van der Waals surface area contributed by atoms with Crippen molar-refractivity contribution in [3.05, 3.63) is 122 Å². The van der Waals surface area contributed by atoms with Gasteiger partial charge in [0, 0.05) is 25.7 Å². The molecule has 19 heteroatoms. The first-order valence-corrected chi connectivity index (χ1v) is 43.8. The number of phosphoric acid groups is 2. The molecule has 0 radical (unpaired) electrons. The van der Waals surface area contributed by atoms with Crippen LogP contribution in [0.3, 0.4) is 0 Å². The van der Waals surface area contributed by atoms with Crippen LogP contribution in [-0.4, -0.2) is 96.7 Å². The SMILES string of the molecule is CC/C=C\C/C=C\C/C=C\C/C=C\C/C=C\CCCCCC(=O)O[C@H](COC(=O)CC/C=C\C/C=C\C/C=C\C/C=C\C/C=C\CCCCC)COP(=O)(O)OC[C@@H](O)COP(=O)(O)OC[C@@H](COC(=O)CCCCCCCCCCCCCCC)OC(=O)CCCCCCCCCCCCCCC. The number of carbonyl (C=O) groups is 4. The maximum Gasteiger partial charge on any atom is 0.472 e. The monoisotopic (exact) mass is 1500 g/mol. The van der Waals surface area contributed by atoms with Crippen molar-refractivity contribution < 1.29 is 80.2 Å². The van der Waals surface area contributed by atoms with Crippen LogP contribution in [-0.2, 0) is 65.4 Å². The van der Waals surface area contributed by atoms with Gasteiger partial charge in [0.2, 0.25) is 0 Å². The molecule has 0 fully saturated rings. The molecule has 0 aliphatic heterocycles. The summed E-state index contributed by atoms with van der Waals surface area (Å²) in [4.78, 5) is 73.0. The maximum absolute atomic E-state index is 13.1. The Morgan fingerprint density at radius 3 is 0.846 bits per heavy atom. The van der Waals surface area contributed by atoms with E-state index in [1.54, 1.807) is 0 Å². The van der Waals surface area contributed by atoms with Crippen LogP contribution >= 0.6 is 15.6 Å². The minimum absolute atomic E-state index is 0.0283. The molecule has 0 amide bonds. The fourth-order valence-corrected chi connectivity index (χ4v) is 12.3. The van der Waals surface area contributed by atoms with Crippen LogP contribution in [0.4, 0.5) is 0 Å². The second-order valence-corrected chi connectivity index (χ2v) is 29.9. The summed E-state index contributed by atoms with van der Waals surface area (Å²) in [5, 5.41) is 10.6. The predicted molar refractivity (Wildman–Crippen MR) is 427 cm³/mol. The van der Waals surface area contributed by atoms with Gasteiger partial charge in [-0.3, -0.25) is 37.3 Å². The van der Waals surface area contributed by atoms with Crippen molar-refractivity contribution in [2.75, 3.05) is 39.6 Å². The number of aliphatic hydroxyl groups excluding tert-OH is 1. The number of hydrogen-bond acceptors (Lipinski definition) is 15. The van der Waals surface area contributed by atoms with Crippen LogP contribution in [0.2, 0.25) is 0 Å². The zero-order valence-electron chi connectivity index (χ0n) is 65.4. The van der Waals surface area contributed by atoms with E-state index in [1.165, 1.54) is 128 Å². The molecule has 0 spiro atoms. The average Bonchev–Trinajstić information content (AvgIpc) is 0.935. The van der Waals surface area contributed by atoms with Gasteiger partial charge in [0.25, 0.3) is 0 Å². The standard InChI is InChI=1S/C85H146O17P2/c1-5-9-13-17-21-25-29-33-35-37-39-41-43-47-50-54-58-62-66-70-83(88)96-76-81(102-85(90)72-68-64-60-56-52-48-44-42-40-38-36-34-30-26-22-18-14-10-6-2)78-100-104(93,94)98-74-79(86)73-97-103(91,92)99-77-80(101-84(89)71-67-63-59-55-51-46-32-28-24-20-16-12-8-4)75-95-82(87)69-65-61-57-53-49-45-31-27-23-19-15-11-7-3/h10,14,21-22,25-26,33-36,39-42,47-48,50,52,58,62,79-81,86H,5-9,11-13,15-20,23-24,27-32,37-38,43-46,49,51,53-57,59-61,63-78H2,1-4H3,(H,91,92)(H,93,94)/b14-10-,25-21-,26-22-,35-33-,36-34-,41-39-,42-40-,50-47-,52-48-,62-58-/t79-,80+,81+/m0/s1. The third-order valence-electron chi connectivity index (χ3n) is 17.0. The molecule has 2 unspecified atom stereocenters. The van der Waals surface area contributed by atoms with E-state index in [0.717, 1.165) is 122 Å². The predicted octanol–water partition coefficient (Wildman–Crippen LogP) is 23.9. The van der Waals surface area contributed by atoms with E-state index in [9.17, 15) is 43.2 Å². The molecule has 0 aromatic heterocycles. The summed E-state index contributed by atoms with van der Waals surface area (Å²) in [6, 6.07) is 0. The lowest BCUT2D eigenvalue weighted by molar-refractivity contribution is -0.161. The van der Waals surface area contributed by atoms with Crippen molar-refractivity contribution in [2.24, 2.45) is 0 Å². The Bertz CT molecular complexity index is 2440. The first-order chi connectivity index (χ1) is 50.7. The summed E-state index contributed by atoms with van der Waals surface area (Å²) in [7, 11) is -9.98. The Kier molecular flexibility index (Phi) is 73.3. The van der Waals surface area contributed by atoms with Crippen LogP contribution in [0.1, 0.15) is 336 Å². The Morgan fingerprint density at radius 1 is 0.279 bits per heavy atom. The number of aliphatic hydroxyl groups is 1. The average molecular weight is 1500 g/mol. The summed E-state index contributed by atoms with van der Waals surface area (Å²) >= 11 is 0. The quantitative estimate of drug-likeness (QED) is 0.0169. The maximum atomic E-state index is 13.1. The minimum Gasteiger partial charge on any atom is -0.462 e. The van der Waals surface area contributed by atoms with Gasteiger partial charge in [-0.1, -0.05) is 323 Å². The largest absolute Gasteiger partial charge is 0.472 e. The van der Waals surface area contributed by atoms with E-state index in [1.807, 2.05) is 12.2 Å². The Labute approximate surface area is 632 Å². The summed E-state index contributed by atoms with van der Waals surface area (Å²) < 4.78 is 68.5. The number of unbranched alkanes of at least 4 members (excludes halogenated alkanes) is 30. The summed E-state index contributed by atoms with van der Waals surface area (Å²) in [5.41, 5.74) is 0. The number of esters is 4. The molecular weight excluding hydrogens is 1350 g/mol. The van der Waals surface area contributed by atoms with E-state index in [2.05, 4.69) is 137 Å². The lowest BCUT2D eigenvalue weighted by Gasteiger charge is -2.21. The van der Waals surface area contributed by atoms with Crippen molar-refractivity contribution in [3.8, 4) is 0 Å². The van der Waals surface area contributed by atoms with Crippen LogP contribution in [0.5, 0.6) is 0 Å². The van der Waals surface area contributed by atoms with Gasteiger partial charge >= 0.3 is 39.5 Å². The highest BCUT2D eigenvalue weighted by atomic mass is 31.2. The summed E-state index contributed by atoms with van der Waals surface area (Å²) in [5.74, 6) is -2.29. The van der Waals surface area contributed by atoms with Crippen molar-refractivity contribution in [2.45, 2.75) is 354 Å². The molecule has 0 aliphatic rings. The molecule has 0 saturated heterocycles. The van der Waals surface area contributed by atoms with Gasteiger partial charge in [-0.2, -0.15) is 0 Å². The fourth-order valence-electron chi connectivity index (χ4n) is 10.8. The second-order valence-electron chi connectivity index (χ2n) is 27.0. The van der Waals surface area contributed by atoms with E-state index < -0.39 is 97.5 Å². The lowest BCUT2D eigenvalue weighted by Crippen LogP contribution is -2.30. The van der Waals surface area contributed by atoms with Gasteiger partial charge in [0.1, 0.15) is 19.3 Å². The lowest BCUT2D eigenvalue weighted by atomic mass is 10.0. The zero-order chi connectivity index (χ0) is 76.0. The van der Waals surface area contributed by atoms with E-state index in [-0.39, 0.29) is 25.7 Å². The Morgan fingerprint density at radius 2 is 0.519 bits per heavy atom. The first kappa shape index (κ1) is 99.5. The molecule has 0 heterocycles. The van der Waals surface area contributed by atoms with Crippen LogP contribution in [0, 0.1) is 0 Å². The number of carbonyl (C=O) groups excluding carboxylic acids is 4. The van der Waals surface area contributed by atoms with Gasteiger partial charge in [-0.25, -0.2) is 9.13 Å². The molecule has 0 aliphatic carbocycles. The Hall–Kier alpha value is -4.54. The van der Waals surface area contributed by atoms with E-state index in [0.29, 0.717) is 32.1 Å². The Balaban J connectivity index is 5.45. The van der Waals surface area contributed by atoms with Crippen molar-refractivity contribution in [1.82, 2.24) is 0 Å². The van der Waals surface area contributed by atoms with Crippen LogP contribution < -0.4 is 0 Å². The van der Waals surface area contributed by atoms with Crippen molar-refractivity contribution in [1.29, 1.82) is 0 Å². The highest BCUT2D eigenvalue weighted by Gasteiger charge is 2.30. The van der Waals surface area contributed by atoms with Crippen LogP contribution in [0.15, 0.2) is 122 Å². The molecule has 5 atom stereocenters. The zero-order valence-corrected chi connectivity index (χ0v) is 67.2. The molecule has 0 bridgehead atoms. The molecular formula is C85H146O17P2. The summed E-state index contributed by atoms with van der Waals surface area (Å²) in [6.07, 6.45) is 84.7. The number of phosphoric ester groups is 2. The third kappa shape index (κ3) is 75.7. The molecule has 598 valence electrons. The normalized spacial score (nSPS) is 14.5. The number of hydrogen-bond donors (Lipinski definition) is 3. The first-order valence-electron chi connectivity index (χ1n) is 40.8. The fraction of sp³-hybridized carbons (Fsp3) is 0.718. The van der Waals surface area contributed by atoms with Gasteiger partial charge in [-0.05, 0) is 109 Å². The number of ether oxygens (including phenoxy) is 4. The van der Waals surface area contributed by atoms with Crippen molar-refractivity contribution in [3.63, 3.8) is 0 Å². The second kappa shape index (κ2) is 76.6. The molecule has 3 N–H and O–H groups in total. The molecule has 0 rings (SSSR count). The van der Waals surface area contributed by atoms with Crippen molar-refractivity contribution >= 4 is 39.5 Å². The third-order valence-corrected chi connectivity index (χ3v) is 18.9. The van der Waals surface area contributed by atoms with Crippen LogP contribution in [0.25, 0.3) is 0 Å². The molecule has 104 heavy (non-hydrogen) atoms. The highest BCUT2D eigenvalue weighted by Crippen LogP contribution is 2.45. The topological polar surface area (TPSA) is 237 Å². The van der Waals surface area contributed by atoms with E-state index in [4.69, 9.17) is 37.0 Å². The van der Waals surface area contributed by atoms with E-state index >= 15 is 0 Å². The minimum atomic E-state index is -5.00. The van der Waals surface area contributed by atoms with Gasteiger partial charge in [0.15, 0.2) is 12.2 Å². The highest BCUT2D eigenvalue weighted by molar-refractivity contribution is 7.47. The molecule has 0 aromatic rings. The van der Waals surface area contributed by atoms with Gasteiger partial charge < -0.3 is 33.8 Å². The molecule has 17 nitrogen and oxygen atoms in total. The molecule has 0 saturated carbocycles. The smallest absolute Gasteiger partial charge is 0.462 e.